The Bertz CT molecular complexity index is 985. The highest BCUT2D eigenvalue weighted by Crippen LogP contribution is 2.27. The summed E-state index contributed by atoms with van der Waals surface area (Å²) in [5.74, 6) is -0.669. The zero-order valence-electron chi connectivity index (χ0n) is 15.5. The molecular formula is C19H21FN2O4S. The number of nitrogens with one attached hydrogen (secondary N) is 1. The number of halogens is 1. The Labute approximate surface area is 158 Å². The van der Waals surface area contributed by atoms with Crippen LogP contribution in [0.3, 0.4) is 0 Å². The average molecular weight is 392 g/mol. The second-order valence-electron chi connectivity index (χ2n) is 5.98. The van der Waals surface area contributed by atoms with E-state index in [1.165, 1.54) is 51.6 Å². The van der Waals surface area contributed by atoms with Crippen molar-refractivity contribution < 1.29 is 22.3 Å². The molecule has 0 aliphatic heterocycles. The molecule has 27 heavy (non-hydrogen) atoms. The first kappa shape index (κ1) is 20.6. The molecule has 0 radical (unpaired) electrons. The molecule has 0 bridgehead atoms. The Morgan fingerprint density at radius 1 is 1.19 bits per heavy atom. The van der Waals surface area contributed by atoms with Gasteiger partial charge in [-0.2, -0.15) is 0 Å². The average Bonchev–Trinajstić information content (AvgIpc) is 2.62. The fourth-order valence-electron chi connectivity index (χ4n) is 2.22. The third kappa shape index (κ3) is 4.93. The van der Waals surface area contributed by atoms with Crippen LogP contribution in [0.4, 0.5) is 10.1 Å². The maximum absolute atomic E-state index is 13.5. The molecule has 0 atom stereocenters. The Kier molecular flexibility index (Phi) is 6.35. The number of carbonyl (C=O) groups excluding carboxylic acids is 1. The van der Waals surface area contributed by atoms with Crippen LogP contribution in [0.15, 0.2) is 47.4 Å². The minimum Gasteiger partial charge on any atom is -0.495 e. The molecule has 0 aromatic heterocycles. The summed E-state index contributed by atoms with van der Waals surface area (Å²) in [5, 5.41) is 2.55. The largest absolute Gasteiger partial charge is 0.495 e. The van der Waals surface area contributed by atoms with Crippen molar-refractivity contribution in [2.45, 2.75) is 11.8 Å². The van der Waals surface area contributed by atoms with Gasteiger partial charge in [-0.1, -0.05) is 12.1 Å². The number of ether oxygens (including phenoxy) is 1. The lowest BCUT2D eigenvalue weighted by molar-refractivity contribution is -0.111. The highest BCUT2D eigenvalue weighted by molar-refractivity contribution is 7.89. The summed E-state index contributed by atoms with van der Waals surface area (Å²) >= 11 is 0. The molecule has 1 amide bonds. The molecule has 2 aromatic rings. The number of aryl methyl sites for hydroxylation is 1. The number of anilines is 1. The van der Waals surface area contributed by atoms with Gasteiger partial charge in [0.1, 0.15) is 16.5 Å². The molecule has 2 rings (SSSR count). The van der Waals surface area contributed by atoms with Gasteiger partial charge in [-0.3, -0.25) is 4.79 Å². The molecule has 0 aliphatic carbocycles. The van der Waals surface area contributed by atoms with Gasteiger partial charge in [0.05, 0.1) is 7.11 Å². The van der Waals surface area contributed by atoms with Crippen molar-refractivity contribution in [1.82, 2.24) is 4.31 Å². The molecule has 144 valence electrons. The van der Waals surface area contributed by atoms with Gasteiger partial charge >= 0.3 is 0 Å². The maximum Gasteiger partial charge on any atom is 0.248 e. The van der Waals surface area contributed by atoms with Crippen LogP contribution < -0.4 is 10.1 Å². The van der Waals surface area contributed by atoms with Crippen LogP contribution in [0.2, 0.25) is 0 Å². The van der Waals surface area contributed by atoms with E-state index in [1.54, 1.807) is 25.1 Å². The molecule has 0 saturated carbocycles. The number of methoxy groups -OCH3 is 1. The SMILES string of the molecule is COc1ccc(/C=C/C(=O)Nc2ccc(C)c(F)c2)cc1S(=O)(=O)N(C)C. The number of benzene rings is 2. The zero-order valence-corrected chi connectivity index (χ0v) is 16.3. The van der Waals surface area contributed by atoms with Crippen molar-refractivity contribution in [1.29, 1.82) is 0 Å². The fraction of sp³-hybridized carbons (Fsp3) is 0.211. The summed E-state index contributed by atoms with van der Waals surface area (Å²) in [6.45, 7) is 1.63. The van der Waals surface area contributed by atoms with E-state index < -0.39 is 21.7 Å². The van der Waals surface area contributed by atoms with Gasteiger partial charge in [0, 0.05) is 25.9 Å². The molecule has 0 aliphatic rings. The highest BCUT2D eigenvalue weighted by Gasteiger charge is 2.22. The first-order valence-corrected chi connectivity index (χ1v) is 9.45. The lowest BCUT2D eigenvalue weighted by atomic mass is 10.2. The van der Waals surface area contributed by atoms with E-state index >= 15 is 0 Å². The Morgan fingerprint density at radius 2 is 1.89 bits per heavy atom. The first-order chi connectivity index (χ1) is 12.6. The molecule has 6 nitrogen and oxygen atoms in total. The van der Waals surface area contributed by atoms with Gasteiger partial charge in [0.15, 0.2) is 0 Å². The van der Waals surface area contributed by atoms with Crippen LogP contribution >= 0.6 is 0 Å². The summed E-state index contributed by atoms with van der Waals surface area (Å²) < 4.78 is 44.5. The van der Waals surface area contributed by atoms with Crippen LogP contribution in [-0.4, -0.2) is 39.8 Å². The normalized spacial score (nSPS) is 11.8. The smallest absolute Gasteiger partial charge is 0.248 e. The van der Waals surface area contributed by atoms with E-state index in [0.29, 0.717) is 16.8 Å². The quantitative estimate of drug-likeness (QED) is 0.767. The van der Waals surface area contributed by atoms with Crippen molar-refractivity contribution in [2.75, 3.05) is 26.5 Å². The molecule has 1 N–H and O–H groups in total. The van der Waals surface area contributed by atoms with Crippen LogP contribution in [0, 0.1) is 12.7 Å². The number of hydrogen-bond donors (Lipinski definition) is 1. The molecule has 0 saturated heterocycles. The molecule has 2 aromatic carbocycles. The molecule has 0 unspecified atom stereocenters. The monoisotopic (exact) mass is 392 g/mol. The summed E-state index contributed by atoms with van der Waals surface area (Å²) in [5.41, 5.74) is 1.32. The van der Waals surface area contributed by atoms with E-state index in [1.807, 2.05) is 0 Å². The predicted molar refractivity (Wildman–Crippen MR) is 103 cm³/mol. The summed E-state index contributed by atoms with van der Waals surface area (Å²) in [4.78, 5) is 12.0. The van der Waals surface area contributed by atoms with E-state index in [9.17, 15) is 17.6 Å². The highest BCUT2D eigenvalue weighted by atomic mass is 32.2. The molecule has 0 heterocycles. The number of amides is 1. The first-order valence-electron chi connectivity index (χ1n) is 8.01. The number of nitrogens with zero attached hydrogens (tertiary/aromatic N) is 1. The van der Waals surface area contributed by atoms with Crippen LogP contribution in [0.5, 0.6) is 5.75 Å². The van der Waals surface area contributed by atoms with E-state index in [-0.39, 0.29) is 10.6 Å². The maximum atomic E-state index is 13.5. The number of hydrogen-bond acceptors (Lipinski definition) is 4. The lowest BCUT2D eigenvalue weighted by Gasteiger charge is -2.15. The third-order valence-corrected chi connectivity index (χ3v) is 5.65. The van der Waals surface area contributed by atoms with Gasteiger partial charge < -0.3 is 10.1 Å². The van der Waals surface area contributed by atoms with Crippen LogP contribution in [0.25, 0.3) is 6.08 Å². The predicted octanol–water partition coefficient (Wildman–Crippen LogP) is 3.04. The van der Waals surface area contributed by atoms with E-state index in [2.05, 4.69) is 5.32 Å². The van der Waals surface area contributed by atoms with Crippen molar-refractivity contribution in [3.05, 3.63) is 59.4 Å². The standard InChI is InChI=1S/C19H21FN2O4S/c1-13-5-8-15(12-16(13)20)21-19(23)10-7-14-6-9-17(26-4)18(11-14)27(24,25)22(2)3/h5-12H,1-4H3,(H,21,23)/b10-7+. The second-order valence-corrected chi connectivity index (χ2v) is 8.10. The number of sulfonamides is 1. The zero-order chi connectivity index (χ0) is 20.2. The van der Waals surface area contributed by atoms with Gasteiger partial charge in [-0.05, 0) is 48.4 Å². The van der Waals surface area contributed by atoms with Crippen molar-refractivity contribution in [3.8, 4) is 5.75 Å². The number of rotatable bonds is 6. The Morgan fingerprint density at radius 3 is 2.48 bits per heavy atom. The summed E-state index contributed by atoms with van der Waals surface area (Å²) in [7, 11) is 0.521. The van der Waals surface area contributed by atoms with Gasteiger partial charge in [0.2, 0.25) is 15.9 Å². The third-order valence-electron chi connectivity index (χ3n) is 3.81. The fourth-order valence-corrected chi connectivity index (χ4v) is 3.31. The Hall–Kier alpha value is -2.71. The van der Waals surface area contributed by atoms with Gasteiger partial charge in [-0.25, -0.2) is 17.1 Å². The van der Waals surface area contributed by atoms with Crippen molar-refractivity contribution >= 4 is 27.7 Å². The molecule has 0 spiro atoms. The van der Waals surface area contributed by atoms with Crippen LogP contribution in [-0.2, 0) is 14.8 Å². The molecular weight excluding hydrogens is 371 g/mol. The lowest BCUT2D eigenvalue weighted by Crippen LogP contribution is -2.22. The van der Waals surface area contributed by atoms with E-state index in [4.69, 9.17) is 4.74 Å². The summed E-state index contributed by atoms with van der Waals surface area (Å²) in [6.07, 6.45) is 2.71. The molecule has 0 fully saturated rings. The minimum atomic E-state index is -3.71. The minimum absolute atomic E-state index is 0.00170. The van der Waals surface area contributed by atoms with Crippen molar-refractivity contribution in [2.24, 2.45) is 0 Å². The Balaban J connectivity index is 2.23. The van der Waals surface area contributed by atoms with E-state index in [0.717, 1.165) is 4.31 Å². The second kappa shape index (κ2) is 8.32. The van der Waals surface area contributed by atoms with Crippen LogP contribution in [0.1, 0.15) is 11.1 Å². The van der Waals surface area contributed by atoms with Crippen molar-refractivity contribution in [3.63, 3.8) is 0 Å². The van der Waals surface area contributed by atoms with Gasteiger partial charge in [-0.15, -0.1) is 0 Å². The topological polar surface area (TPSA) is 75.7 Å². The number of carbonyl (C=O) groups is 1. The van der Waals surface area contributed by atoms with Gasteiger partial charge in [0.25, 0.3) is 0 Å². The molecule has 8 heteroatoms. The summed E-state index contributed by atoms with van der Waals surface area (Å²) in [6, 6.07) is 8.96.